The molecule has 0 aromatic heterocycles. The Kier molecular flexibility index (Phi) is 5.66. The third-order valence-electron chi connectivity index (χ3n) is 5.51. The summed E-state index contributed by atoms with van der Waals surface area (Å²) in [4.78, 5) is 28.2. The summed E-state index contributed by atoms with van der Waals surface area (Å²) >= 11 is 6.30. The number of benzene rings is 3. The number of rotatable bonds is 5. The van der Waals surface area contributed by atoms with Crippen molar-refractivity contribution in [1.29, 1.82) is 0 Å². The molecule has 3 aromatic carbocycles. The molecule has 31 heavy (non-hydrogen) atoms. The lowest BCUT2D eigenvalue weighted by Gasteiger charge is -2.16. The van der Waals surface area contributed by atoms with Crippen LogP contribution in [0.4, 0.5) is 5.69 Å². The van der Waals surface area contributed by atoms with Gasteiger partial charge in [-0.25, -0.2) is 0 Å². The summed E-state index contributed by atoms with van der Waals surface area (Å²) in [5.41, 5.74) is 5.97. The van der Waals surface area contributed by atoms with Gasteiger partial charge in [-0.3, -0.25) is 14.5 Å². The number of nitrogens with zero attached hydrogens (tertiary/aromatic N) is 1. The Bertz CT molecular complexity index is 1230. The Balaban J connectivity index is 1.81. The molecular weight excluding hydrogens is 408 g/mol. The van der Waals surface area contributed by atoms with E-state index >= 15 is 0 Å². The van der Waals surface area contributed by atoms with Gasteiger partial charge in [-0.1, -0.05) is 71.8 Å². The molecule has 4 rings (SSSR count). The number of hydrogen-bond donors (Lipinski definition) is 1. The molecular formula is C26H23ClN2O2. The molecule has 3 aromatic rings. The van der Waals surface area contributed by atoms with Crippen LogP contribution in [0.5, 0.6) is 0 Å². The third-order valence-corrected chi connectivity index (χ3v) is 5.88. The van der Waals surface area contributed by atoms with Crippen LogP contribution in [-0.4, -0.2) is 16.7 Å². The summed E-state index contributed by atoms with van der Waals surface area (Å²) < 4.78 is 0. The lowest BCUT2D eigenvalue weighted by molar-refractivity contribution is -0.137. The zero-order valence-corrected chi connectivity index (χ0v) is 18.5. The van der Waals surface area contributed by atoms with Gasteiger partial charge in [0, 0.05) is 10.7 Å². The molecule has 0 unspecified atom stereocenters. The maximum absolute atomic E-state index is 13.5. The second-order valence-corrected chi connectivity index (χ2v) is 8.20. The smallest absolute Gasteiger partial charge is 0.278 e. The standard InChI is InChI=1S/C26H23ClN2O2/c1-16-12-13-20(18(3)14-16)23-24(28-22-11-7-4-8-17(22)2)26(31)29(25(23)30)15-19-9-5-6-10-21(19)27/h4-14,28H,15H2,1-3H3. The van der Waals surface area contributed by atoms with Crippen LogP contribution >= 0.6 is 11.6 Å². The maximum Gasteiger partial charge on any atom is 0.278 e. The van der Waals surface area contributed by atoms with Gasteiger partial charge in [-0.2, -0.15) is 0 Å². The Morgan fingerprint density at radius 3 is 2.26 bits per heavy atom. The van der Waals surface area contributed by atoms with Gasteiger partial charge in [0.15, 0.2) is 0 Å². The molecule has 1 aliphatic rings. The van der Waals surface area contributed by atoms with E-state index in [1.54, 1.807) is 6.07 Å². The molecule has 1 heterocycles. The molecule has 0 aliphatic carbocycles. The molecule has 0 saturated carbocycles. The Hall–Kier alpha value is -3.37. The van der Waals surface area contributed by atoms with Crippen molar-refractivity contribution in [3.05, 3.63) is 105 Å². The SMILES string of the molecule is Cc1ccc(C2=C(Nc3ccccc3C)C(=O)N(Cc3ccccc3Cl)C2=O)c(C)c1. The third kappa shape index (κ3) is 3.99. The van der Waals surface area contributed by atoms with E-state index in [2.05, 4.69) is 5.32 Å². The fourth-order valence-electron chi connectivity index (χ4n) is 3.82. The number of imide groups is 1. The van der Waals surface area contributed by atoms with Crippen LogP contribution in [0.1, 0.15) is 27.8 Å². The zero-order chi connectivity index (χ0) is 22.1. The highest BCUT2D eigenvalue weighted by atomic mass is 35.5. The highest BCUT2D eigenvalue weighted by molar-refractivity contribution is 6.37. The Morgan fingerprint density at radius 2 is 1.55 bits per heavy atom. The number of carbonyl (C=O) groups is 2. The summed E-state index contributed by atoms with van der Waals surface area (Å²) in [5, 5.41) is 3.77. The topological polar surface area (TPSA) is 49.4 Å². The Morgan fingerprint density at radius 1 is 0.839 bits per heavy atom. The summed E-state index contributed by atoms with van der Waals surface area (Å²) in [5.74, 6) is -0.684. The van der Waals surface area contributed by atoms with Gasteiger partial charge in [0.2, 0.25) is 0 Å². The van der Waals surface area contributed by atoms with Crippen molar-refractivity contribution in [2.24, 2.45) is 0 Å². The van der Waals surface area contributed by atoms with E-state index in [4.69, 9.17) is 11.6 Å². The molecule has 0 bridgehead atoms. The van der Waals surface area contributed by atoms with Crippen LogP contribution in [0.25, 0.3) is 5.57 Å². The highest BCUT2D eigenvalue weighted by Crippen LogP contribution is 2.34. The first-order valence-corrected chi connectivity index (χ1v) is 10.5. The first kappa shape index (κ1) is 20.9. The molecule has 0 radical (unpaired) electrons. The van der Waals surface area contributed by atoms with Crippen LogP contribution in [-0.2, 0) is 16.1 Å². The largest absolute Gasteiger partial charge is 0.350 e. The molecule has 0 atom stereocenters. The van der Waals surface area contributed by atoms with E-state index in [-0.39, 0.29) is 18.4 Å². The van der Waals surface area contributed by atoms with E-state index in [9.17, 15) is 9.59 Å². The zero-order valence-electron chi connectivity index (χ0n) is 17.7. The average Bonchev–Trinajstić information content (AvgIpc) is 2.96. The van der Waals surface area contributed by atoms with E-state index in [1.165, 1.54) is 4.90 Å². The van der Waals surface area contributed by atoms with Crippen LogP contribution < -0.4 is 5.32 Å². The van der Waals surface area contributed by atoms with Crippen molar-refractivity contribution >= 4 is 34.7 Å². The number of amides is 2. The van der Waals surface area contributed by atoms with Gasteiger partial charge in [-0.15, -0.1) is 0 Å². The molecule has 1 aliphatic heterocycles. The lowest BCUT2D eigenvalue weighted by atomic mass is 9.97. The Labute approximate surface area is 187 Å². The monoisotopic (exact) mass is 430 g/mol. The van der Waals surface area contributed by atoms with Gasteiger partial charge in [0.05, 0.1) is 12.1 Å². The minimum Gasteiger partial charge on any atom is -0.350 e. The summed E-state index contributed by atoms with van der Waals surface area (Å²) in [7, 11) is 0. The highest BCUT2D eigenvalue weighted by Gasteiger charge is 2.40. The van der Waals surface area contributed by atoms with Crippen molar-refractivity contribution in [3.63, 3.8) is 0 Å². The van der Waals surface area contributed by atoms with Crippen molar-refractivity contribution in [2.45, 2.75) is 27.3 Å². The van der Waals surface area contributed by atoms with Crippen LogP contribution in [0.2, 0.25) is 5.02 Å². The predicted octanol–water partition coefficient (Wildman–Crippen LogP) is 5.66. The van der Waals surface area contributed by atoms with Crippen molar-refractivity contribution in [2.75, 3.05) is 5.32 Å². The summed E-state index contributed by atoms with van der Waals surface area (Å²) in [6, 6.07) is 20.8. The van der Waals surface area contributed by atoms with Crippen LogP contribution in [0, 0.1) is 20.8 Å². The minimum atomic E-state index is -0.358. The number of hydrogen-bond acceptors (Lipinski definition) is 3. The number of nitrogens with one attached hydrogen (secondary N) is 1. The molecule has 0 fully saturated rings. The van der Waals surface area contributed by atoms with E-state index in [1.807, 2.05) is 81.4 Å². The maximum atomic E-state index is 13.5. The first-order chi connectivity index (χ1) is 14.9. The number of carbonyl (C=O) groups excluding carboxylic acids is 2. The van der Waals surface area contributed by atoms with Gasteiger partial charge in [-0.05, 0) is 55.2 Å². The second-order valence-electron chi connectivity index (χ2n) is 7.80. The van der Waals surface area contributed by atoms with E-state index < -0.39 is 0 Å². The van der Waals surface area contributed by atoms with Crippen LogP contribution in [0.15, 0.2) is 72.4 Å². The van der Waals surface area contributed by atoms with Gasteiger partial charge < -0.3 is 5.32 Å². The molecule has 0 saturated heterocycles. The fraction of sp³-hybridized carbons (Fsp3) is 0.154. The quantitative estimate of drug-likeness (QED) is 0.531. The van der Waals surface area contributed by atoms with E-state index in [0.29, 0.717) is 16.3 Å². The molecule has 2 amide bonds. The van der Waals surface area contributed by atoms with E-state index in [0.717, 1.165) is 33.5 Å². The number of halogens is 1. The van der Waals surface area contributed by atoms with Gasteiger partial charge in [0.25, 0.3) is 11.8 Å². The van der Waals surface area contributed by atoms with Crippen molar-refractivity contribution in [3.8, 4) is 0 Å². The minimum absolute atomic E-state index is 0.116. The second kappa shape index (κ2) is 8.40. The number of anilines is 1. The van der Waals surface area contributed by atoms with Crippen LogP contribution in [0.3, 0.4) is 0 Å². The number of aryl methyl sites for hydroxylation is 3. The predicted molar refractivity (Wildman–Crippen MR) is 125 cm³/mol. The molecule has 1 N–H and O–H groups in total. The molecule has 0 spiro atoms. The summed E-state index contributed by atoms with van der Waals surface area (Å²) in [6.45, 7) is 6.03. The summed E-state index contributed by atoms with van der Waals surface area (Å²) in [6.07, 6.45) is 0. The fourth-order valence-corrected chi connectivity index (χ4v) is 4.02. The first-order valence-electron chi connectivity index (χ1n) is 10.1. The van der Waals surface area contributed by atoms with Crippen molar-refractivity contribution < 1.29 is 9.59 Å². The average molecular weight is 431 g/mol. The molecule has 5 heteroatoms. The van der Waals surface area contributed by atoms with Gasteiger partial charge >= 0.3 is 0 Å². The molecule has 156 valence electrons. The number of para-hydroxylation sites is 1. The van der Waals surface area contributed by atoms with Gasteiger partial charge in [0.1, 0.15) is 5.70 Å². The lowest BCUT2D eigenvalue weighted by Crippen LogP contribution is -2.32. The molecule has 4 nitrogen and oxygen atoms in total. The van der Waals surface area contributed by atoms with Crippen molar-refractivity contribution in [1.82, 2.24) is 4.90 Å². The normalized spacial score (nSPS) is 13.9.